The Morgan fingerprint density at radius 3 is 2.55 bits per heavy atom. The van der Waals surface area contributed by atoms with Gasteiger partial charge in [-0.05, 0) is 120 Å². The number of hydrogen-bond donors (Lipinski definition) is 2. The van der Waals surface area contributed by atoms with Crippen molar-refractivity contribution in [1.82, 2.24) is 0 Å². The molecule has 3 fully saturated rings. The molecule has 4 aliphatic carbocycles. The largest absolute Gasteiger partial charge is 0.393 e. The van der Waals surface area contributed by atoms with Crippen molar-refractivity contribution in [3.8, 4) is 0 Å². The van der Waals surface area contributed by atoms with E-state index >= 15 is 0 Å². The van der Waals surface area contributed by atoms with Gasteiger partial charge in [-0.25, -0.2) is 0 Å². The number of rotatable bonds is 4. The standard InChI is InChI=1S/C24H40O2.C2H5F/c1-23(2,26)13-4-5-17-7-11-22-21-9-6-16-15-18(25)8-10-19(16)20(21)12-14-24(17,22)3;1-2-3/h6,17-22,25-26H,4-5,7-15H2,1-3H3;2H2,1H3. The van der Waals surface area contributed by atoms with E-state index in [9.17, 15) is 14.6 Å². The molecule has 3 saturated carbocycles. The lowest BCUT2D eigenvalue weighted by molar-refractivity contribution is -0.0213. The SMILES string of the molecule is CC(C)(O)CCCC1CCC2C3CC=C4CC(O)CCC4C3CCC12C.CCF. The van der Waals surface area contributed by atoms with Gasteiger partial charge in [0.05, 0.1) is 18.4 Å². The number of aliphatic hydroxyl groups excluding tert-OH is 1. The van der Waals surface area contributed by atoms with E-state index in [1.165, 1.54) is 58.3 Å². The van der Waals surface area contributed by atoms with Crippen LogP contribution in [0.4, 0.5) is 4.39 Å². The fourth-order valence-corrected chi connectivity index (χ4v) is 7.61. The Hall–Kier alpha value is -0.410. The zero-order valence-electron chi connectivity index (χ0n) is 19.3. The van der Waals surface area contributed by atoms with E-state index in [0.29, 0.717) is 5.41 Å². The summed E-state index contributed by atoms with van der Waals surface area (Å²) in [5, 5.41) is 20.1. The number of alkyl halides is 1. The Morgan fingerprint density at radius 2 is 1.86 bits per heavy atom. The van der Waals surface area contributed by atoms with Crippen LogP contribution in [0.25, 0.3) is 0 Å². The van der Waals surface area contributed by atoms with Crippen LogP contribution in [0.15, 0.2) is 11.6 Å². The molecule has 0 aromatic carbocycles. The molecule has 7 unspecified atom stereocenters. The first kappa shape index (κ1) is 23.3. The first-order valence-electron chi connectivity index (χ1n) is 12.3. The Balaban J connectivity index is 0.000000755. The Kier molecular flexibility index (Phi) is 7.53. The number of aliphatic hydroxyl groups is 2. The van der Waals surface area contributed by atoms with Crippen LogP contribution in [0, 0.1) is 35.0 Å². The van der Waals surface area contributed by atoms with Crippen LogP contribution in [0.5, 0.6) is 0 Å². The van der Waals surface area contributed by atoms with Gasteiger partial charge in [0, 0.05) is 0 Å². The summed E-state index contributed by atoms with van der Waals surface area (Å²) in [4.78, 5) is 0. The maximum atomic E-state index is 10.3. The van der Waals surface area contributed by atoms with E-state index in [2.05, 4.69) is 13.0 Å². The highest BCUT2D eigenvalue weighted by Gasteiger charge is 2.55. The fraction of sp³-hybridized carbons (Fsp3) is 0.923. The molecule has 168 valence electrons. The number of fused-ring (bicyclic) bond motifs is 5. The average molecular weight is 409 g/mol. The molecule has 3 heteroatoms. The van der Waals surface area contributed by atoms with Crippen molar-refractivity contribution in [3.63, 3.8) is 0 Å². The number of hydrogen-bond acceptors (Lipinski definition) is 2. The lowest BCUT2D eigenvalue weighted by atomic mass is 9.51. The van der Waals surface area contributed by atoms with Gasteiger partial charge in [0.2, 0.25) is 0 Å². The van der Waals surface area contributed by atoms with Crippen molar-refractivity contribution in [1.29, 1.82) is 0 Å². The molecule has 2 N–H and O–H groups in total. The number of allylic oxidation sites excluding steroid dienone is 1. The van der Waals surface area contributed by atoms with Crippen molar-refractivity contribution in [2.24, 2.45) is 35.0 Å². The van der Waals surface area contributed by atoms with Crippen LogP contribution in [0.2, 0.25) is 0 Å². The summed E-state index contributed by atoms with van der Waals surface area (Å²) < 4.78 is 10.3. The molecule has 29 heavy (non-hydrogen) atoms. The highest BCUT2D eigenvalue weighted by Crippen LogP contribution is 2.64. The van der Waals surface area contributed by atoms with Crippen molar-refractivity contribution >= 4 is 0 Å². The second kappa shape index (κ2) is 9.39. The molecule has 0 aromatic rings. The van der Waals surface area contributed by atoms with Crippen LogP contribution >= 0.6 is 0 Å². The van der Waals surface area contributed by atoms with Crippen molar-refractivity contribution in [2.45, 2.75) is 110 Å². The van der Waals surface area contributed by atoms with Crippen LogP contribution < -0.4 is 0 Å². The highest BCUT2D eigenvalue weighted by molar-refractivity contribution is 5.20. The molecule has 0 heterocycles. The maximum absolute atomic E-state index is 10.3. The van der Waals surface area contributed by atoms with Crippen molar-refractivity contribution in [3.05, 3.63) is 11.6 Å². The predicted octanol–water partition coefficient (Wildman–Crippen LogP) is 6.45. The monoisotopic (exact) mass is 408 g/mol. The molecule has 0 radical (unpaired) electrons. The zero-order valence-corrected chi connectivity index (χ0v) is 19.3. The van der Waals surface area contributed by atoms with Gasteiger partial charge in [0.25, 0.3) is 0 Å². The molecule has 0 bridgehead atoms. The molecular weight excluding hydrogens is 363 g/mol. The third kappa shape index (κ3) is 5.09. The van der Waals surface area contributed by atoms with E-state index in [1.54, 1.807) is 5.57 Å². The molecule has 7 atom stereocenters. The van der Waals surface area contributed by atoms with E-state index in [4.69, 9.17) is 0 Å². The topological polar surface area (TPSA) is 40.5 Å². The molecule has 4 aliphatic rings. The molecule has 0 aliphatic heterocycles. The van der Waals surface area contributed by atoms with Crippen LogP contribution in [0.3, 0.4) is 0 Å². The molecule has 0 saturated heterocycles. The second-order valence-electron chi connectivity index (χ2n) is 11.3. The summed E-state index contributed by atoms with van der Waals surface area (Å²) in [7, 11) is 0. The first-order valence-corrected chi connectivity index (χ1v) is 12.3. The van der Waals surface area contributed by atoms with Gasteiger partial charge in [0.1, 0.15) is 0 Å². The molecular formula is C26H45FO2. The summed E-state index contributed by atoms with van der Waals surface area (Å²) in [6.07, 6.45) is 16.0. The summed E-state index contributed by atoms with van der Waals surface area (Å²) >= 11 is 0. The third-order valence-corrected chi connectivity index (χ3v) is 8.96. The van der Waals surface area contributed by atoms with Gasteiger partial charge in [-0.15, -0.1) is 0 Å². The van der Waals surface area contributed by atoms with Crippen LogP contribution in [-0.4, -0.2) is 28.6 Å². The smallest absolute Gasteiger partial charge is 0.0866 e. The van der Waals surface area contributed by atoms with Crippen LogP contribution in [-0.2, 0) is 0 Å². The van der Waals surface area contributed by atoms with Gasteiger partial charge in [-0.2, -0.15) is 0 Å². The van der Waals surface area contributed by atoms with Crippen molar-refractivity contribution < 1.29 is 14.6 Å². The predicted molar refractivity (Wildman–Crippen MR) is 118 cm³/mol. The first-order chi connectivity index (χ1) is 13.7. The third-order valence-electron chi connectivity index (χ3n) is 8.96. The minimum Gasteiger partial charge on any atom is -0.393 e. The molecule has 2 nitrogen and oxygen atoms in total. The second-order valence-corrected chi connectivity index (χ2v) is 11.3. The Bertz CT molecular complexity index is 566. The summed E-state index contributed by atoms with van der Waals surface area (Å²) in [5.74, 6) is 4.37. The maximum Gasteiger partial charge on any atom is 0.0866 e. The van der Waals surface area contributed by atoms with E-state index in [0.717, 1.165) is 48.9 Å². The highest BCUT2D eigenvalue weighted by atomic mass is 19.1. The van der Waals surface area contributed by atoms with Crippen LogP contribution in [0.1, 0.15) is 98.3 Å². The lowest BCUT2D eigenvalue weighted by Crippen LogP contribution is -2.46. The van der Waals surface area contributed by atoms with E-state index in [-0.39, 0.29) is 12.8 Å². The molecule has 4 rings (SSSR count). The summed E-state index contributed by atoms with van der Waals surface area (Å²) in [6.45, 7) is 7.72. The Labute approximate surface area is 178 Å². The van der Waals surface area contributed by atoms with Gasteiger partial charge in [-0.1, -0.05) is 25.0 Å². The normalized spacial score (nSPS) is 41.4. The molecule has 0 aromatic heterocycles. The van der Waals surface area contributed by atoms with E-state index < -0.39 is 5.60 Å². The Morgan fingerprint density at radius 1 is 1.14 bits per heavy atom. The average Bonchev–Trinajstić information content (AvgIpc) is 2.97. The van der Waals surface area contributed by atoms with E-state index in [1.807, 2.05) is 13.8 Å². The number of halogens is 1. The van der Waals surface area contributed by atoms with Gasteiger partial charge < -0.3 is 10.2 Å². The van der Waals surface area contributed by atoms with Gasteiger partial charge >= 0.3 is 0 Å². The molecule has 0 spiro atoms. The van der Waals surface area contributed by atoms with Gasteiger partial charge in [0.15, 0.2) is 0 Å². The quantitative estimate of drug-likeness (QED) is 0.525. The minimum atomic E-state index is -0.507. The van der Waals surface area contributed by atoms with Gasteiger partial charge in [-0.3, -0.25) is 4.39 Å². The lowest BCUT2D eigenvalue weighted by Gasteiger charge is -2.54. The summed E-state index contributed by atoms with van der Waals surface area (Å²) in [5.41, 5.74) is 1.64. The summed E-state index contributed by atoms with van der Waals surface area (Å²) in [6, 6.07) is 0. The zero-order chi connectivity index (χ0) is 21.2. The minimum absolute atomic E-state index is 0.0745. The molecule has 0 amide bonds. The fourth-order valence-electron chi connectivity index (χ4n) is 7.61. The van der Waals surface area contributed by atoms with Crippen molar-refractivity contribution in [2.75, 3.05) is 6.67 Å².